The molecule has 4 N–H and O–H groups in total. The maximum absolute atomic E-state index is 11.9. The molecule has 1 aromatic carbocycles. The quantitative estimate of drug-likeness (QED) is 0.761. The minimum atomic E-state index is -0.171. The first-order chi connectivity index (χ1) is 9.29. The van der Waals surface area contributed by atoms with Crippen molar-refractivity contribution in [3.63, 3.8) is 0 Å². The number of carbonyl (C=O) groups is 1. The Morgan fingerprint density at radius 1 is 1.32 bits per heavy atom. The van der Waals surface area contributed by atoms with Gasteiger partial charge in [0.15, 0.2) is 0 Å². The van der Waals surface area contributed by atoms with Crippen molar-refractivity contribution in [1.82, 2.24) is 5.32 Å². The van der Waals surface area contributed by atoms with E-state index in [1.165, 1.54) is 12.8 Å². The Balaban J connectivity index is 1.91. The van der Waals surface area contributed by atoms with Crippen LogP contribution in [0.3, 0.4) is 0 Å². The Morgan fingerprint density at radius 2 is 2.05 bits per heavy atom. The van der Waals surface area contributed by atoms with E-state index < -0.39 is 0 Å². The van der Waals surface area contributed by atoms with Crippen LogP contribution in [-0.4, -0.2) is 25.2 Å². The number of amides is 2. The fourth-order valence-corrected chi connectivity index (χ4v) is 2.28. The summed E-state index contributed by atoms with van der Waals surface area (Å²) in [6, 6.07) is 7.50. The van der Waals surface area contributed by atoms with Crippen LogP contribution in [0.25, 0.3) is 0 Å². The molecule has 0 atom stereocenters. The fraction of sp³-hybridized carbons (Fsp3) is 0.500. The Hall–Kier alpha value is -1.75. The molecule has 0 heterocycles. The monoisotopic (exact) mass is 263 g/mol. The second-order valence-electron chi connectivity index (χ2n) is 4.71. The minimum Gasteiger partial charge on any atom is -0.490 e. The van der Waals surface area contributed by atoms with E-state index >= 15 is 0 Å². The van der Waals surface area contributed by atoms with Gasteiger partial charge in [-0.2, -0.15) is 0 Å². The van der Waals surface area contributed by atoms with Gasteiger partial charge in [-0.1, -0.05) is 25.0 Å². The van der Waals surface area contributed by atoms with Crippen LogP contribution < -0.4 is 21.1 Å². The maximum atomic E-state index is 11.9. The number of urea groups is 1. The number of ether oxygens (including phenoxy) is 1. The van der Waals surface area contributed by atoms with Gasteiger partial charge in [-0.25, -0.2) is 4.79 Å². The molecular formula is C14H21N3O2. The third-order valence-corrected chi connectivity index (χ3v) is 3.20. The van der Waals surface area contributed by atoms with Crippen LogP contribution in [0.1, 0.15) is 25.7 Å². The molecule has 0 spiro atoms. The lowest BCUT2D eigenvalue weighted by Gasteiger charge is -2.15. The van der Waals surface area contributed by atoms with E-state index in [0.717, 1.165) is 12.8 Å². The maximum Gasteiger partial charge on any atom is 0.319 e. The Kier molecular flexibility index (Phi) is 5.03. The second-order valence-corrected chi connectivity index (χ2v) is 4.71. The minimum absolute atomic E-state index is 0.171. The molecule has 5 heteroatoms. The Labute approximate surface area is 113 Å². The molecule has 0 saturated heterocycles. The highest BCUT2D eigenvalue weighted by Crippen LogP contribution is 2.24. The van der Waals surface area contributed by atoms with E-state index in [0.29, 0.717) is 30.6 Å². The number of carbonyl (C=O) groups excluding carboxylic acids is 1. The number of nitrogens with two attached hydrogens (primary N) is 1. The summed E-state index contributed by atoms with van der Waals surface area (Å²) in [7, 11) is 0. The van der Waals surface area contributed by atoms with E-state index in [4.69, 9.17) is 10.5 Å². The van der Waals surface area contributed by atoms with Crippen molar-refractivity contribution >= 4 is 11.7 Å². The molecule has 1 aliphatic carbocycles. The van der Waals surface area contributed by atoms with Gasteiger partial charge in [-0.3, -0.25) is 0 Å². The van der Waals surface area contributed by atoms with Gasteiger partial charge in [0, 0.05) is 12.6 Å². The van der Waals surface area contributed by atoms with Gasteiger partial charge in [0.2, 0.25) is 0 Å². The molecular weight excluding hydrogens is 242 g/mol. The standard InChI is InChI=1S/C14H21N3O2/c15-9-10-19-13-8-4-3-7-12(13)17-14(18)16-11-5-1-2-6-11/h3-4,7-8,11H,1-2,5-6,9-10,15H2,(H2,16,17,18). The zero-order chi connectivity index (χ0) is 13.5. The van der Waals surface area contributed by atoms with Crippen LogP contribution in [0.4, 0.5) is 10.5 Å². The second kappa shape index (κ2) is 6.99. The number of nitrogens with one attached hydrogen (secondary N) is 2. The Bertz CT molecular complexity index is 417. The zero-order valence-electron chi connectivity index (χ0n) is 11.0. The van der Waals surface area contributed by atoms with Gasteiger partial charge in [0.1, 0.15) is 12.4 Å². The van der Waals surface area contributed by atoms with E-state index in [2.05, 4.69) is 10.6 Å². The molecule has 1 fully saturated rings. The first kappa shape index (κ1) is 13.7. The molecule has 1 aromatic rings. The van der Waals surface area contributed by atoms with Gasteiger partial charge >= 0.3 is 6.03 Å². The van der Waals surface area contributed by atoms with Crippen molar-refractivity contribution in [3.8, 4) is 5.75 Å². The molecule has 0 aromatic heterocycles. The van der Waals surface area contributed by atoms with Crippen LogP contribution in [0, 0.1) is 0 Å². The van der Waals surface area contributed by atoms with Crippen LogP contribution in [-0.2, 0) is 0 Å². The lowest BCUT2D eigenvalue weighted by molar-refractivity contribution is 0.248. The molecule has 5 nitrogen and oxygen atoms in total. The first-order valence-electron chi connectivity index (χ1n) is 6.79. The topological polar surface area (TPSA) is 76.4 Å². The number of para-hydroxylation sites is 2. The summed E-state index contributed by atoms with van der Waals surface area (Å²) >= 11 is 0. The zero-order valence-corrected chi connectivity index (χ0v) is 11.0. The highest BCUT2D eigenvalue weighted by atomic mass is 16.5. The van der Waals surface area contributed by atoms with Crippen LogP contribution >= 0.6 is 0 Å². The highest BCUT2D eigenvalue weighted by Gasteiger charge is 2.17. The lowest BCUT2D eigenvalue weighted by atomic mass is 10.2. The summed E-state index contributed by atoms with van der Waals surface area (Å²) in [6.07, 6.45) is 4.53. The smallest absolute Gasteiger partial charge is 0.319 e. The summed E-state index contributed by atoms with van der Waals surface area (Å²) < 4.78 is 5.49. The van der Waals surface area contributed by atoms with Crippen LogP contribution in [0.5, 0.6) is 5.75 Å². The number of hydrogen-bond acceptors (Lipinski definition) is 3. The van der Waals surface area contributed by atoms with E-state index in [-0.39, 0.29) is 6.03 Å². The van der Waals surface area contributed by atoms with Crippen LogP contribution in [0.2, 0.25) is 0 Å². The number of benzene rings is 1. The molecule has 2 rings (SSSR count). The van der Waals surface area contributed by atoms with Gasteiger partial charge in [0.25, 0.3) is 0 Å². The van der Waals surface area contributed by atoms with Crippen molar-refractivity contribution in [2.75, 3.05) is 18.5 Å². The fourth-order valence-electron chi connectivity index (χ4n) is 2.28. The first-order valence-corrected chi connectivity index (χ1v) is 6.79. The van der Waals surface area contributed by atoms with Crippen molar-refractivity contribution in [3.05, 3.63) is 24.3 Å². The summed E-state index contributed by atoms with van der Waals surface area (Å²) in [6.45, 7) is 0.880. The predicted octanol–water partition coefficient (Wildman–Crippen LogP) is 2.09. The molecule has 19 heavy (non-hydrogen) atoms. The van der Waals surface area contributed by atoms with Gasteiger partial charge < -0.3 is 21.1 Å². The van der Waals surface area contributed by atoms with Crippen molar-refractivity contribution in [2.45, 2.75) is 31.7 Å². The number of hydrogen-bond donors (Lipinski definition) is 3. The van der Waals surface area contributed by atoms with E-state index in [1.54, 1.807) is 0 Å². The molecule has 0 unspecified atom stereocenters. The normalized spacial score (nSPS) is 15.2. The van der Waals surface area contributed by atoms with Crippen molar-refractivity contribution in [2.24, 2.45) is 5.73 Å². The molecule has 0 aliphatic heterocycles. The summed E-state index contributed by atoms with van der Waals surface area (Å²) in [5.41, 5.74) is 6.08. The highest BCUT2D eigenvalue weighted by molar-refractivity contribution is 5.91. The lowest BCUT2D eigenvalue weighted by Crippen LogP contribution is -2.36. The summed E-state index contributed by atoms with van der Waals surface area (Å²) in [5.74, 6) is 0.648. The number of rotatable bonds is 5. The van der Waals surface area contributed by atoms with Gasteiger partial charge in [-0.05, 0) is 25.0 Å². The number of anilines is 1. The molecule has 104 valence electrons. The predicted molar refractivity (Wildman–Crippen MR) is 75.4 cm³/mol. The summed E-state index contributed by atoms with van der Waals surface area (Å²) in [4.78, 5) is 11.9. The third-order valence-electron chi connectivity index (χ3n) is 3.20. The van der Waals surface area contributed by atoms with Crippen LogP contribution in [0.15, 0.2) is 24.3 Å². The van der Waals surface area contributed by atoms with Crippen molar-refractivity contribution in [1.29, 1.82) is 0 Å². The third kappa shape index (κ3) is 4.13. The molecule has 1 saturated carbocycles. The average Bonchev–Trinajstić information content (AvgIpc) is 2.90. The van der Waals surface area contributed by atoms with Gasteiger partial charge in [-0.15, -0.1) is 0 Å². The van der Waals surface area contributed by atoms with Crippen molar-refractivity contribution < 1.29 is 9.53 Å². The molecule has 1 aliphatic rings. The summed E-state index contributed by atoms with van der Waals surface area (Å²) in [5, 5.41) is 5.81. The molecule has 0 radical (unpaired) electrons. The van der Waals surface area contributed by atoms with E-state index in [1.807, 2.05) is 24.3 Å². The van der Waals surface area contributed by atoms with E-state index in [9.17, 15) is 4.79 Å². The Morgan fingerprint density at radius 3 is 2.79 bits per heavy atom. The SMILES string of the molecule is NCCOc1ccccc1NC(=O)NC1CCCC1. The largest absolute Gasteiger partial charge is 0.490 e. The van der Waals surface area contributed by atoms with Gasteiger partial charge in [0.05, 0.1) is 5.69 Å². The average molecular weight is 263 g/mol. The molecule has 2 amide bonds. The molecule has 0 bridgehead atoms.